The van der Waals surface area contributed by atoms with E-state index in [1.807, 2.05) is 7.05 Å². The number of nitrogens with one attached hydrogen (secondary N) is 1. The summed E-state index contributed by atoms with van der Waals surface area (Å²) in [5.74, 6) is 0.0303. The summed E-state index contributed by atoms with van der Waals surface area (Å²) >= 11 is 0. The third-order valence-corrected chi connectivity index (χ3v) is 3.79. The zero-order chi connectivity index (χ0) is 15.4. The topological polar surface area (TPSA) is 64.4 Å². The van der Waals surface area contributed by atoms with Gasteiger partial charge in [-0.15, -0.1) is 0 Å². The van der Waals surface area contributed by atoms with E-state index in [0.29, 0.717) is 0 Å². The SMILES string of the molecule is CNC1CCCCC1Oc1ccc([N+](=O)[O-])cc1C(F)F. The number of non-ortho nitro benzene ring substituents is 1. The smallest absolute Gasteiger partial charge is 0.270 e. The number of halogens is 2. The molecule has 0 amide bonds. The highest BCUT2D eigenvalue weighted by Gasteiger charge is 2.28. The Labute approximate surface area is 121 Å². The minimum Gasteiger partial charge on any atom is -0.488 e. The largest absolute Gasteiger partial charge is 0.488 e. The minimum absolute atomic E-state index is 0.0303. The van der Waals surface area contributed by atoms with Crippen molar-refractivity contribution in [1.29, 1.82) is 0 Å². The maximum atomic E-state index is 13.1. The van der Waals surface area contributed by atoms with Gasteiger partial charge in [-0.25, -0.2) is 8.78 Å². The number of nitro benzene ring substituents is 1. The summed E-state index contributed by atoms with van der Waals surface area (Å²) < 4.78 is 31.9. The fraction of sp³-hybridized carbons (Fsp3) is 0.571. The average molecular weight is 300 g/mol. The highest BCUT2D eigenvalue weighted by molar-refractivity contribution is 5.44. The summed E-state index contributed by atoms with van der Waals surface area (Å²) in [7, 11) is 1.82. The van der Waals surface area contributed by atoms with Crippen LogP contribution in [0.4, 0.5) is 14.5 Å². The van der Waals surface area contributed by atoms with Crippen molar-refractivity contribution in [2.24, 2.45) is 0 Å². The van der Waals surface area contributed by atoms with Crippen LogP contribution in [0.15, 0.2) is 18.2 Å². The van der Waals surface area contributed by atoms with Gasteiger partial charge in [-0.2, -0.15) is 0 Å². The molecule has 0 aromatic heterocycles. The molecule has 116 valence electrons. The van der Waals surface area contributed by atoms with Crippen molar-refractivity contribution in [1.82, 2.24) is 5.32 Å². The van der Waals surface area contributed by atoms with Crippen LogP contribution in [0.3, 0.4) is 0 Å². The molecule has 2 atom stereocenters. The van der Waals surface area contributed by atoms with Crippen LogP contribution in [-0.4, -0.2) is 24.1 Å². The van der Waals surface area contributed by atoms with Crippen LogP contribution < -0.4 is 10.1 Å². The van der Waals surface area contributed by atoms with Gasteiger partial charge in [-0.1, -0.05) is 6.42 Å². The number of alkyl halides is 2. The van der Waals surface area contributed by atoms with Crippen LogP contribution >= 0.6 is 0 Å². The predicted octanol–water partition coefficient (Wildman–Crippen LogP) is 3.44. The molecule has 1 N–H and O–H groups in total. The molecule has 1 aromatic rings. The first-order valence-corrected chi connectivity index (χ1v) is 6.93. The number of likely N-dealkylation sites (N-methyl/N-ethyl adjacent to an activating group) is 1. The van der Waals surface area contributed by atoms with Gasteiger partial charge in [-0.3, -0.25) is 10.1 Å². The predicted molar refractivity (Wildman–Crippen MR) is 73.8 cm³/mol. The molecule has 2 unspecified atom stereocenters. The van der Waals surface area contributed by atoms with Crippen molar-refractivity contribution in [3.63, 3.8) is 0 Å². The van der Waals surface area contributed by atoms with Crippen molar-refractivity contribution in [3.05, 3.63) is 33.9 Å². The molecule has 2 rings (SSSR count). The first kappa shape index (κ1) is 15.6. The Morgan fingerprint density at radius 3 is 2.71 bits per heavy atom. The third kappa shape index (κ3) is 3.66. The number of benzene rings is 1. The summed E-state index contributed by atoms with van der Waals surface area (Å²) in [6.45, 7) is 0. The number of nitro groups is 1. The first-order valence-electron chi connectivity index (χ1n) is 6.93. The Morgan fingerprint density at radius 1 is 1.38 bits per heavy atom. The van der Waals surface area contributed by atoms with E-state index in [4.69, 9.17) is 4.74 Å². The molecule has 0 saturated heterocycles. The van der Waals surface area contributed by atoms with Crippen LogP contribution in [0, 0.1) is 10.1 Å². The summed E-state index contributed by atoms with van der Waals surface area (Å²) in [5, 5.41) is 13.8. The van der Waals surface area contributed by atoms with Gasteiger partial charge in [0.05, 0.1) is 10.5 Å². The second-order valence-corrected chi connectivity index (χ2v) is 5.12. The lowest BCUT2D eigenvalue weighted by Crippen LogP contribution is -2.43. The molecule has 0 bridgehead atoms. The fourth-order valence-corrected chi connectivity index (χ4v) is 2.66. The van der Waals surface area contributed by atoms with Crippen LogP contribution in [0.1, 0.15) is 37.7 Å². The highest BCUT2D eigenvalue weighted by atomic mass is 19.3. The molecule has 1 fully saturated rings. The zero-order valence-corrected chi connectivity index (χ0v) is 11.7. The maximum absolute atomic E-state index is 13.1. The molecule has 7 heteroatoms. The summed E-state index contributed by atoms with van der Waals surface area (Å²) in [6, 6.07) is 3.45. The molecule has 0 heterocycles. The van der Waals surface area contributed by atoms with Gasteiger partial charge in [0.15, 0.2) is 0 Å². The summed E-state index contributed by atoms with van der Waals surface area (Å²) in [4.78, 5) is 10.00. The van der Waals surface area contributed by atoms with E-state index in [1.54, 1.807) is 0 Å². The fourth-order valence-electron chi connectivity index (χ4n) is 2.66. The maximum Gasteiger partial charge on any atom is 0.270 e. The second kappa shape index (κ2) is 6.80. The quantitative estimate of drug-likeness (QED) is 0.668. The van der Waals surface area contributed by atoms with Crippen molar-refractivity contribution in [2.45, 2.75) is 44.3 Å². The van der Waals surface area contributed by atoms with Crippen LogP contribution in [0.25, 0.3) is 0 Å². The third-order valence-electron chi connectivity index (χ3n) is 3.79. The van der Waals surface area contributed by atoms with Crippen LogP contribution in [0.2, 0.25) is 0 Å². The molecule has 1 aliphatic carbocycles. The Morgan fingerprint density at radius 2 is 2.10 bits per heavy atom. The van der Waals surface area contributed by atoms with Gasteiger partial charge in [0.25, 0.3) is 12.1 Å². The molecule has 0 spiro atoms. The normalized spacial score (nSPS) is 22.3. The standard InChI is InChI=1S/C14H18F2N2O3/c1-17-11-4-2-3-5-13(11)21-12-7-6-9(18(19)20)8-10(12)14(15)16/h6-8,11,13-14,17H,2-5H2,1H3. The van der Waals surface area contributed by atoms with Crippen molar-refractivity contribution in [2.75, 3.05) is 7.05 Å². The lowest BCUT2D eigenvalue weighted by molar-refractivity contribution is -0.385. The summed E-state index contributed by atoms with van der Waals surface area (Å²) in [5.41, 5.74) is -0.781. The number of nitrogens with zero attached hydrogens (tertiary/aromatic N) is 1. The van der Waals surface area contributed by atoms with E-state index in [1.165, 1.54) is 12.1 Å². The Kier molecular flexibility index (Phi) is 5.06. The number of rotatable bonds is 5. The van der Waals surface area contributed by atoms with Crippen LogP contribution in [0.5, 0.6) is 5.75 Å². The van der Waals surface area contributed by atoms with E-state index in [0.717, 1.165) is 31.7 Å². The highest BCUT2D eigenvalue weighted by Crippen LogP contribution is 2.34. The number of ether oxygens (including phenoxy) is 1. The monoisotopic (exact) mass is 300 g/mol. The minimum atomic E-state index is -2.81. The summed E-state index contributed by atoms with van der Waals surface area (Å²) in [6.07, 6.45) is 0.774. The van der Waals surface area contributed by atoms with Crippen molar-refractivity contribution >= 4 is 5.69 Å². The van der Waals surface area contributed by atoms with E-state index in [-0.39, 0.29) is 23.6 Å². The lowest BCUT2D eigenvalue weighted by atomic mass is 9.92. The average Bonchev–Trinajstić information content (AvgIpc) is 2.47. The lowest BCUT2D eigenvalue weighted by Gasteiger charge is -2.32. The number of hydrogen-bond donors (Lipinski definition) is 1. The van der Waals surface area contributed by atoms with Gasteiger partial charge in [0.2, 0.25) is 0 Å². The molecule has 1 saturated carbocycles. The van der Waals surface area contributed by atoms with E-state index >= 15 is 0 Å². The van der Waals surface area contributed by atoms with Gasteiger partial charge < -0.3 is 10.1 Å². The molecule has 1 aromatic carbocycles. The van der Waals surface area contributed by atoms with Gasteiger partial charge in [0, 0.05) is 18.2 Å². The van der Waals surface area contributed by atoms with Gasteiger partial charge in [0.1, 0.15) is 11.9 Å². The first-order chi connectivity index (χ1) is 10.0. The van der Waals surface area contributed by atoms with Gasteiger partial charge >= 0.3 is 0 Å². The second-order valence-electron chi connectivity index (χ2n) is 5.12. The molecule has 0 aliphatic heterocycles. The van der Waals surface area contributed by atoms with Crippen molar-refractivity contribution in [3.8, 4) is 5.75 Å². The van der Waals surface area contributed by atoms with E-state index in [9.17, 15) is 18.9 Å². The zero-order valence-electron chi connectivity index (χ0n) is 11.7. The molecule has 0 radical (unpaired) electrons. The Balaban J connectivity index is 2.24. The van der Waals surface area contributed by atoms with Crippen LogP contribution in [-0.2, 0) is 0 Å². The molecular formula is C14H18F2N2O3. The Bertz CT molecular complexity index is 511. The number of hydrogen-bond acceptors (Lipinski definition) is 4. The van der Waals surface area contributed by atoms with E-state index < -0.39 is 16.9 Å². The molecule has 5 nitrogen and oxygen atoms in total. The molecular weight excluding hydrogens is 282 g/mol. The van der Waals surface area contributed by atoms with Gasteiger partial charge in [-0.05, 0) is 32.4 Å². The Hall–Kier alpha value is -1.76. The van der Waals surface area contributed by atoms with E-state index in [2.05, 4.69) is 5.32 Å². The van der Waals surface area contributed by atoms with Crippen molar-refractivity contribution < 1.29 is 18.4 Å². The molecule has 21 heavy (non-hydrogen) atoms. The molecule has 1 aliphatic rings.